The first kappa shape index (κ1) is 65.8. The lowest BCUT2D eigenvalue weighted by Gasteiger charge is -2.42. The number of unbranched alkanes of at least 4 members (excludes halogenated alkanes) is 10. The van der Waals surface area contributed by atoms with Crippen LogP contribution in [0.3, 0.4) is 0 Å². The number of allylic oxidation sites excluding steroid dienone is 18. The van der Waals surface area contributed by atoms with Gasteiger partial charge in [-0.2, -0.15) is 0 Å². The van der Waals surface area contributed by atoms with Gasteiger partial charge in [-0.15, -0.1) is 0 Å². The van der Waals surface area contributed by atoms with E-state index in [1.807, 2.05) is 0 Å². The number of hydrogen-bond donors (Lipinski definition) is 7. The highest BCUT2D eigenvalue weighted by atomic mass is 16.7. The van der Waals surface area contributed by atoms with Crippen molar-refractivity contribution in [3.63, 3.8) is 0 Å². The molecule has 0 saturated carbocycles. The summed E-state index contributed by atoms with van der Waals surface area (Å²) in [6, 6.07) is 0. The minimum atomic E-state index is -1.72. The first-order chi connectivity index (χ1) is 35.6. The van der Waals surface area contributed by atoms with E-state index >= 15 is 0 Å². The summed E-state index contributed by atoms with van der Waals surface area (Å²) in [5, 5.41) is 72.2. The maximum Gasteiger partial charge on any atom is 0.306 e. The van der Waals surface area contributed by atoms with Crippen LogP contribution in [0.5, 0.6) is 0 Å². The highest BCUT2D eigenvalue weighted by Gasteiger charge is 2.47. The third-order valence-corrected chi connectivity index (χ3v) is 12.3. The summed E-state index contributed by atoms with van der Waals surface area (Å²) in [6.45, 7) is 3.38. The predicted octanol–water partition coefficient (Wildman–Crippen LogP) is 9.18. The number of esters is 1. The molecule has 7 N–H and O–H groups in total. The molecule has 14 heteroatoms. The molecule has 73 heavy (non-hydrogen) atoms. The standard InChI is InChI=1S/C59H96O14/c1-3-5-7-9-11-13-15-17-19-20-21-22-23-24-25-26-27-29-31-33-35-37-39-41-43-68-45-48(71-51(61)42-40-38-36-34-32-30-28-18-16-14-12-10-8-6-4-2)46-69-58-57(67)55(65)53(63)50(73-58)47-70-59-56(66)54(64)52(62)49(44-60)72-59/h5,7,11-14,17-19,21-22,24-25,27-29,33,35,48-50,52-60,62-67H,3-4,6,8-10,15-16,20,23,26,30-32,34,36-47H2,1-2H3/b7-5-,13-11-,14-12-,19-17-,22-21-,25-24-,28-18-,29-27-,35-33-. The number of ether oxygens (including phenoxy) is 6. The van der Waals surface area contributed by atoms with E-state index in [9.17, 15) is 40.5 Å². The number of carbonyl (C=O) groups excluding carboxylic acids is 1. The normalized spacial score (nSPS) is 25.8. The van der Waals surface area contributed by atoms with E-state index in [0.29, 0.717) is 13.0 Å². The van der Waals surface area contributed by atoms with Gasteiger partial charge in [0.05, 0.1) is 26.4 Å². The van der Waals surface area contributed by atoms with Gasteiger partial charge < -0.3 is 64.2 Å². The lowest BCUT2D eigenvalue weighted by molar-refractivity contribution is -0.332. The Hall–Kier alpha value is -3.35. The summed E-state index contributed by atoms with van der Waals surface area (Å²) >= 11 is 0. The van der Waals surface area contributed by atoms with Gasteiger partial charge in [-0.1, -0.05) is 155 Å². The molecule has 11 atom stereocenters. The second-order valence-electron chi connectivity index (χ2n) is 18.7. The summed E-state index contributed by atoms with van der Waals surface area (Å²) in [7, 11) is 0. The summed E-state index contributed by atoms with van der Waals surface area (Å²) in [4.78, 5) is 13.0. The van der Waals surface area contributed by atoms with Crippen molar-refractivity contribution < 1.29 is 69.0 Å². The van der Waals surface area contributed by atoms with Gasteiger partial charge in [0.25, 0.3) is 0 Å². The van der Waals surface area contributed by atoms with Crippen molar-refractivity contribution in [1.29, 1.82) is 0 Å². The van der Waals surface area contributed by atoms with E-state index in [0.717, 1.165) is 109 Å². The van der Waals surface area contributed by atoms with Gasteiger partial charge in [0.15, 0.2) is 12.6 Å². The average Bonchev–Trinajstić information content (AvgIpc) is 3.39. The maximum atomic E-state index is 13.0. The number of aliphatic hydroxyl groups is 7. The Morgan fingerprint density at radius 1 is 0.466 bits per heavy atom. The van der Waals surface area contributed by atoms with Crippen molar-refractivity contribution in [3.8, 4) is 0 Å². The monoisotopic (exact) mass is 1030 g/mol. The highest BCUT2D eigenvalue weighted by Crippen LogP contribution is 2.26. The first-order valence-corrected chi connectivity index (χ1v) is 27.5. The second kappa shape index (κ2) is 44.9. The molecular weight excluding hydrogens is 933 g/mol. The topological polar surface area (TPSA) is 214 Å². The molecule has 11 unspecified atom stereocenters. The number of rotatable bonds is 42. The van der Waals surface area contributed by atoms with E-state index in [4.69, 9.17) is 28.4 Å². The van der Waals surface area contributed by atoms with Gasteiger partial charge >= 0.3 is 5.97 Å². The van der Waals surface area contributed by atoms with Gasteiger partial charge in [0.1, 0.15) is 54.9 Å². The molecule has 0 amide bonds. The van der Waals surface area contributed by atoms with Crippen LogP contribution in [0.2, 0.25) is 0 Å². The Morgan fingerprint density at radius 2 is 0.890 bits per heavy atom. The third kappa shape index (κ3) is 32.0. The molecule has 0 aromatic heterocycles. The van der Waals surface area contributed by atoms with E-state index < -0.39 is 86.7 Å². The largest absolute Gasteiger partial charge is 0.457 e. The Bertz CT molecular complexity index is 1620. The van der Waals surface area contributed by atoms with Crippen LogP contribution in [0.1, 0.15) is 155 Å². The molecule has 2 rings (SSSR count). The Kier molecular flexibility index (Phi) is 40.4. The molecule has 0 aromatic rings. The fraction of sp³-hybridized carbons (Fsp3) is 0.678. The molecule has 2 aliphatic heterocycles. The quantitative estimate of drug-likeness (QED) is 0.0173. The molecular formula is C59H96O14. The zero-order chi connectivity index (χ0) is 53.0. The Morgan fingerprint density at radius 3 is 1.40 bits per heavy atom. The molecule has 0 radical (unpaired) electrons. The lowest BCUT2D eigenvalue weighted by Crippen LogP contribution is -2.61. The van der Waals surface area contributed by atoms with E-state index in [-0.39, 0.29) is 19.6 Å². The molecule has 416 valence electrons. The van der Waals surface area contributed by atoms with Crippen molar-refractivity contribution in [1.82, 2.24) is 0 Å². The van der Waals surface area contributed by atoms with Crippen LogP contribution < -0.4 is 0 Å². The fourth-order valence-electron chi connectivity index (χ4n) is 7.82. The molecule has 0 spiro atoms. The van der Waals surface area contributed by atoms with Crippen molar-refractivity contribution in [3.05, 3.63) is 109 Å². The van der Waals surface area contributed by atoms with E-state index in [1.165, 1.54) is 19.3 Å². The fourth-order valence-corrected chi connectivity index (χ4v) is 7.82. The van der Waals surface area contributed by atoms with Gasteiger partial charge in [-0.25, -0.2) is 0 Å². The van der Waals surface area contributed by atoms with Crippen LogP contribution >= 0.6 is 0 Å². The molecule has 0 aromatic carbocycles. The summed E-state index contributed by atoms with van der Waals surface area (Å²) < 4.78 is 34.2. The smallest absolute Gasteiger partial charge is 0.306 e. The van der Waals surface area contributed by atoms with Gasteiger partial charge in [0.2, 0.25) is 0 Å². The first-order valence-electron chi connectivity index (χ1n) is 27.5. The minimum Gasteiger partial charge on any atom is -0.457 e. The highest BCUT2D eigenvalue weighted by molar-refractivity contribution is 5.69. The second-order valence-corrected chi connectivity index (χ2v) is 18.7. The molecule has 2 aliphatic rings. The number of hydrogen-bond acceptors (Lipinski definition) is 14. The van der Waals surface area contributed by atoms with Crippen molar-refractivity contribution >= 4 is 5.97 Å². The molecule has 2 fully saturated rings. The van der Waals surface area contributed by atoms with Crippen molar-refractivity contribution in [2.45, 2.75) is 223 Å². The Labute approximate surface area is 438 Å². The molecule has 0 aliphatic carbocycles. The van der Waals surface area contributed by atoms with Crippen molar-refractivity contribution in [2.24, 2.45) is 0 Å². The summed E-state index contributed by atoms with van der Waals surface area (Å²) in [6.07, 6.45) is 44.4. The van der Waals surface area contributed by atoms with Crippen molar-refractivity contribution in [2.75, 3.05) is 33.0 Å². The minimum absolute atomic E-state index is 0.0179. The molecule has 2 heterocycles. The zero-order valence-corrected chi connectivity index (χ0v) is 44.3. The van der Waals surface area contributed by atoms with Crippen LogP contribution in [0.15, 0.2) is 109 Å². The van der Waals surface area contributed by atoms with Gasteiger partial charge in [0, 0.05) is 13.0 Å². The van der Waals surface area contributed by atoms with E-state index in [2.05, 4.69) is 123 Å². The lowest BCUT2D eigenvalue weighted by atomic mass is 9.98. The van der Waals surface area contributed by atoms with Crippen LogP contribution in [-0.2, 0) is 33.2 Å². The summed E-state index contributed by atoms with van der Waals surface area (Å²) in [5.74, 6) is -0.411. The molecule has 0 bridgehead atoms. The van der Waals surface area contributed by atoms with Crippen LogP contribution in [0.4, 0.5) is 0 Å². The van der Waals surface area contributed by atoms with Crippen LogP contribution in [0.25, 0.3) is 0 Å². The van der Waals surface area contributed by atoms with Gasteiger partial charge in [-0.05, 0) is 103 Å². The van der Waals surface area contributed by atoms with Crippen LogP contribution in [0, 0.1) is 0 Å². The van der Waals surface area contributed by atoms with E-state index in [1.54, 1.807) is 0 Å². The third-order valence-electron chi connectivity index (χ3n) is 12.3. The van der Waals surface area contributed by atoms with Gasteiger partial charge in [-0.3, -0.25) is 4.79 Å². The molecule has 2 saturated heterocycles. The molecule has 14 nitrogen and oxygen atoms in total. The number of carbonyl (C=O) groups is 1. The summed E-state index contributed by atoms with van der Waals surface area (Å²) in [5.41, 5.74) is 0. The average molecular weight is 1030 g/mol. The predicted molar refractivity (Wildman–Crippen MR) is 288 cm³/mol. The number of aliphatic hydroxyl groups excluding tert-OH is 7. The van der Waals surface area contributed by atoms with Crippen LogP contribution in [-0.4, -0.2) is 142 Å². The maximum absolute atomic E-state index is 13.0. The SMILES string of the molecule is CC/C=C\C/C=C\C/C=C\C/C=C\C/C=C\C/C=C\C/C=C\CCCCOCC(COC1OC(COC2OC(CO)C(O)C(O)C2O)C(O)C(O)C1O)OC(=O)CCCCCCC/C=C\C/C=C\CCCCC. The zero-order valence-electron chi connectivity index (χ0n) is 44.3. The Balaban J connectivity index is 1.77.